The minimum atomic E-state index is -3.98. The molecule has 9 heteroatoms. The fourth-order valence-electron chi connectivity index (χ4n) is 2.40. The first-order valence-corrected chi connectivity index (χ1v) is 9.16. The Bertz CT molecular complexity index is 1100. The van der Waals surface area contributed by atoms with Crippen LogP contribution in [0.25, 0.3) is 11.3 Å². The molecule has 0 amide bonds. The van der Waals surface area contributed by atoms with E-state index in [4.69, 9.17) is 4.74 Å². The van der Waals surface area contributed by atoms with Crippen LogP contribution in [-0.4, -0.2) is 31.8 Å². The van der Waals surface area contributed by atoms with Crippen molar-refractivity contribution in [3.63, 3.8) is 0 Å². The van der Waals surface area contributed by atoms with Crippen molar-refractivity contribution in [2.45, 2.75) is 4.90 Å². The molecule has 138 valence electrons. The van der Waals surface area contributed by atoms with Gasteiger partial charge in [-0.05, 0) is 36.4 Å². The first-order chi connectivity index (χ1) is 12.9. The van der Waals surface area contributed by atoms with Crippen LogP contribution in [0, 0.1) is 5.82 Å². The largest absolute Gasteiger partial charge is 0.480 e. The first kappa shape index (κ1) is 18.5. The van der Waals surface area contributed by atoms with Crippen LogP contribution in [0.2, 0.25) is 0 Å². The highest BCUT2D eigenvalue weighted by atomic mass is 32.2. The number of benzene rings is 1. The van der Waals surface area contributed by atoms with E-state index in [9.17, 15) is 17.6 Å². The minimum absolute atomic E-state index is 0.0465. The number of halogens is 1. The number of rotatable bonds is 6. The van der Waals surface area contributed by atoms with Gasteiger partial charge in [0.25, 0.3) is 10.0 Å². The van der Waals surface area contributed by atoms with Crippen LogP contribution in [0.1, 0.15) is 10.4 Å². The van der Waals surface area contributed by atoms with Crippen LogP contribution < -0.4 is 9.46 Å². The third-order valence-corrected chi connectivity index (χ3v) is 5.03. The number of nitrogens with zero attached hydrogens (tertiary/aromatic N) is 2. The van der Waals surface area contributed by atoms with E-state index < -0.39 is 15.8 Å². The molecule has 0 saturated carbocycles. The number of carbonyl (C=O) groups excluding carboxylic acids is 1. The molecule has 7 nitrogen and oxygen atoms in total. The molecule has 27 heavy (non-hydrogen) atoms. The van der Waals surface area contributed by atoms with Gasteiger partial charge in [0.2, 0.25) is 5.88 Å². The van der Waals surface area contributed by atoms with E-state index in [0.717, 1.165) is 6.07 Å². The lowest BCUT2D eigenvalue weighted by molar-refractivity contribution is 0.112. The van der Waals surface area contributed by atoms with Crippen molar-refractivity contribution in [1.29, 1.82) is 0 Å². The van der Waals surface area contributed by atoms with Gasteiger partial charge in [0.1, 0.15) is 17.0 Å². The average Bonchev–Trinajstić information content (AvgIpc) is 2.67. The van der Waals surface area contributed by atoms with Gasteiger partial charge >= 0.3 is 0 Å². The Morgan fingerprint density at radius 1 is 1.11 bits per heavy atom. The summed E-state index contributed by atoms with van der Waals surface area (Å²) in [6, 6.07) is 9.59. The Balaban J connectivity index is 1.96. The monoisotopic (exact) mass is 387 g/mol. The Morgan fingerprint density at radius 2 is 1.93 bits per heavy atom. The Labute approximate surface area is 154 Å². The number of carbonyl (C=O) groups is 1. The second kappa shape index (κ2) is 7.50. The molecule has 0 bridgehead atoms. The molecule has 0 aliphatic carbocycles. The van der Waals surface area contributed by atoms with Crippen molar-refractivity contribution in [3.05, 3.63) is 66.2 Å². The number of methoxy groups -OCH3 is 1. The van der Waals surface area contributed by atoms with Gasteiger partial charge in [-0.1, -0.05) is 6.07 Å². The number of hydrogen-bond acceptors (Lipinski definition) is 6. The predicted molar refractivity (Wildman–Crippen MR) is 96.6 cm³/mol. The van der Waals surface area contributed by atoms with Gasteiger partial charge in [0.05, 0.1) is 18.5 Å². The Kier molecular flexibility index (Phi) is 5.13. The Hall–Kier alpha value is -3.33. The molecule has 2 heterocycles. The molecule has 2 aromatic heterocycles. The molecule has 1 N–H and O–H groups in total. The van der Waals surface area contributed by atoms with Crippen molar-refractivity contribution in [1.82, 2.24) is 9.97 Å². The number of hydrogen-bond donors (Lipinski definition) is 1. The van der Waals surface area contributed by atoms with Crippen LogP contribution in [0.4, 0.5) is 10.1 Å². The fourth-order valence-corrected chi connectivity index (χ4v) is 3.57. The van der Waals surface area contributed by atoms with Crippen LogP contribution in [0.5, 0.6) is 5.88 Å². The molecule has 3 rings (SSSR count). The van der Waals surface area contributed by atoms with E-state index in [1.165, 1.54) is 55.9 Å². The maximum Gasteiger partial charge on any atom is 0.267 e. The maximum absolute atomic E-state index is 14.2. The summed E-state index contributed by atoms with van der Waals surface area (Å²) in [7, 11) is -2.66. The quantitative estimate of drug-likeness (QED) is 0.653. The molecule has 0 atom stereocenters. The van der Waals surface area contributed by atoms with Crippen molar-refractivity contribution in [3.8, 4) is 17.1 Å². The van der Waals surface area contributed by atoms with Gasteiger partial charge in [-0.25, -0.2) is 17.8 Å². The zero-order chi connectivity index (χ0) is 19.4. The zero-order valence-corrected chi connectivity index (χ0v) is 14.9. The highest BCUT2D eigenvalue weighted by Crippen LogP contribution is 2.26. The maximum atomic E-state index is 14.2. The van der Waals surface area contributed by atoms with Gasteiger partial charge in [0, 0.05) is 23.5 Å². The van der Waals surface area contributed by atoms with E-state index >= 15 is 0 Å². The number of aldehydes is 1. The van der Waals surface area contributed by atoms with E-state index in [2.05, 4.69) is 14.7 Å². The topological polar surface area (TPSA) is 98.2 Å². The van der Waals surface area contributed by atoms with Gasteiger partial charge in [0.15, 0.2) is 0 Å². The summed E-state index contributed by atoms with van der Waals surface area (Å²) in [5.41, 5.74) is 0.727. The fraction of sp³-hybridized carbons (Fsp3) is 0.0556. The number of anilines is 1. The summed E-state index contributed by atoms with van der Waals surface area (Å²) in [6.07, 6.45) is 3.29. The molecule has 0 aliphatic heterocycles. The molecule has 3 aromatic rings. The number of nitrogens with one attached hydrogen (secondary N) is 1. The summed E-state index contributed by atoms with van der Waals surface area (Å²) in [6.45, 7) is 0. The highest BCUT2D eigenvalue weighted by molar-refractivity contribution is 7.92. The van der Waals surface area contributed by atoms with Crippen molar-refractivity contribution < 1.29 is 22.3 Å². The van der Waals surface area contributed by atoms with Crippen LogP contribution in [0.15, 0.2) is 59.8 Å². The molecule has 0 saturated heterocycles. The number of aromatic nitrogens is 2. The van der Waals surface area contributed by atoms with Crippen molar-refractivity contribution in [2.24, 2.45) is 0 Å². The molecule has 0 radical (unpaired) electrons. The average molecular weight is 387 g/mol. The third kappa shape index (κ3) is 3.93. The van der Waals surface area contributed by atoms with E-state index in [1.807, 2.05) is 0 Å². The van der Waals surface area contributed by atoms with Gasteiger partial charge in [-0.15, -0.1) is 0 Å². The SMILES string of the molecule is COc1ncccc1S(=O)(=O)Nc1ccnc(-c2ccc(C=O)cc2F)c1. The molecular formula is C18H14FN3O4S. The molecule has 0 spiro atoms. The lowest BCUT2D eigenvalue weighted by Gasteiger charge is -2.11. The summed E-state index contributed by atoms with van der Waals surface area (Å²) < 4.78 is 46.8. The summed E-state index contributed by atoms with van der Waals surface area (Å²) >= 11 is 0. The second-order valence-electron chi connectivity index (χ2n) is 5.40. The second-order valence-corrected chi connectivity index (χ2v) is 7.05. The normalized spacial score (nSPS) is 11.0. The van der Waals surface area contributed by atoms with Crippen LogP contribution in [-0.2, 0) is 10.0 Å². The summed E-state index contributed by atoms with van der Waals surface area (Å²) in [5, 5.41) is 0. The molecule has 0 fully saturated rings. The molecule has 0 unspecified atom stereocenters. The van der Waals surface area contributed by atoms with Crippen molar-refractivity contribution >= 4 is 22.0 Å². The highest BCUT2D eigenvalue weighted by Gasteiger charge is 2.20. The van der Waals surface area contributed by atoms with Crippen molar-refractivity contribution in [2.75, 3.05) is 11.8 Å². The van der Waals surface area contributed by atoms with Crippen LogP contribution in [0.3, 0.4) is 0 Å². The third-order valence-electron chi connectivity index (χ3n) is 3.64. The standard InChI is InChI=1S/C18H14FN3O4S/c1-26-18-17(3-2-7-21-18)27(24,25)22-13-6-8-20-16(10-13)14-5-4-12(11-23)9-15(14)19/h2-11H,1H3,(H,20,22). The lowest BCUT2D eigenvalue weighted by Crippen LogP contribution is -2.14. The summed E-state index contributed by atoms with van der Waals surface area (Å²) in [5.74, 6) is -0.684. The van der Waals surface area contributed by atoms with Gasteiger partial charge < -0.3 is 4.74 Å². The van der Waals surface area contributed by atoms with Crippen LogP contribution >= 0.6 is 0 Å². The zero-order valence-electron chi connectivity index (χ0n) is 14.1. The smallest absolute Gasteiger partial charge is 0.267 e. The minimum Gasteiger partial charge on any atom is -0.480 e. The number of sulfonamides is 1. The molecular weight excluding hydrogens is 373 g/mol. The molecule has 1 aromatic carbocycles. The van der Waals surface area contributed by atoms with Gasteiger partial charge in [-0.2, -0.15) is 0 Å². The molecule has 0 aliphatic rings. The number of ether oxygens (including phenoxy) is 1. The predicted octanol–water partition coefficient (Wildman–Crippen LogP) is 2.90. The van der Waals surface area contributed by atoms with E-state index in [-0.39, 0.29) is 33.3 Å². The first-order valence-electron chi connectivity index (χ1n) is 7.67. The van der Waals surface area contributed by atoms with E-state index in [1.54, 1.807) is 0 Å². The number of pyridine rings is 2. The summed E-state index contributed by atoms with van der Waals surface area (Å²) in [4.78, 5) is 18.5. The van der Waals surface area contributed by atoms with E-state index in [0.29, 0.717) is 6.29 Å². The van der Waals surface area contributed by atoms with Gasteiger partial charge in [-0.3, -0.25) is 14.5 Å². The Morgan fingerprint density at radius 3 is 2.63 bits per heavy atom. The lowest BCUT2D eigenvalue weighted by atomic mass is 10.1.